The number of hydrogen-bond donors (Lipinski definition) is 9. The minimum atomic E-state index is -1.79. The highest BCUT2D eigenvalue weighted by molar-refractivity contribution is 5.76. The van der Waals surface area contributed by atoms with Gasteiger partial charge in [0.1, 0.15) is 48.8 Å². The molecule has 0 aromatic heterocycles. The minimum absolute atomic E-state index is 0.239. The number of carbonyl (C=O) groups excluding carboxylic acids is 1. The fourth-order valence-electron chi connectivity index (χ4n) is 12.0. The maximum Gasteiger partial charge on any atom is 0.220 e. The first-order chi connectivity index (χ1) is 44.1. The Labute approximate surface area is 548 Å². The van der Waals surface area contributed by atoms with Crippen LogP contribution in [0.3, 0.4) is 0 Å². The van der Waals surface area contributed by atoms with E-state index in [9.17, 15) is 45.6 Å². The Morgan fingerprint density at radius 1 is 0.411 bits per heavy atom. The predicted octanol–water partition coefficient (Wildman–Crippen LogP) is 15.8. The molecular weight excluding hydrogens is 1130 g/mol. The highest BCUT2D eigenvalue weighted by Crippen LogP contribution is 2.30. The zero-order chi connectivity index (χ0) is 65.2. The molecule has 0 aromatic carbocycles. The van der Waals surface area contributed by atoms with Crippen LogP contribution in [0.5, 0.6) is 0 Å². The first kappa shape index (κ1) is 83.5. The quantitative estimate of drug-likeness (QED) is 0.0204. The number of aliphatic hydroxyl groups excluding tert-OH is 8. The number of rotatable bonds is 61. The van der Waals surface area contributed by atoms with Gasteiger partial charge in [0.2, 0.25) is 5.91 Å². The van der Waals surface area contributed by atoms with Crippen LogP contribution in [0, 0.1) is 0 Å². The molecule has 12 unspecified atom stereocenters. The summed E-state index contributed by atoms with van der Waals surface area (Å²) >= 11 is 0. The van der Waals surface area contributed by atoms with Gasteiger partial charge in [-0.25, -0.2) is 0 Å². The maximum atomic E-state index is 13.4. The van der Waals surface area contributed by atoms with E-state index in [0.717, 1.165) is 77.0 Å². The summed E-state index contributed by atoms with van der Waals surface area (Å²) in [6.07, 6.45) is 65.3. The van der Waals surface area contributed by atoms with Crippen molar-refractivity contribution >= 4 is 5.91 Å². The molecule has 2 fully saturated rings. The SMILES string of the molecule is CC/C=C\C/C=C\C/C=C\C/C=C\C/C=C\CCCCCCCCCCCCCCCC(=O)NC(COC1OC(CO)C(OC2OC(CO)C(O)C(O)C2O)C(O)C1O)C(O)/C=C/CCCCCCCCCCCCCCCCCCCCCCCCCCC. The summed E-state index contributed by atoms with van der Waals surface area (Å²) in [7, 11) is 0. The summed E-state index contributed by atoms with van der Waals surface area (Å²) < 4.78 is 22.9. The first-order valence-corrected chi connectivity index (χ1v) is 37.2. The molecule has 524 valence electrons. The molecule has 2 aliphatic rings. The number of ether oxygens (including phenoxy) is 4. The lowest BCUT2D eigenvalue weighted by Crippen LogP contribution is -2.65. The van der Waals surface area contributed by atoms with E-state index in [1.54, 1.807) is 6.08 Å². The summed E-state index contributed by atoms with van der Waals surface area (Å²) in [6.45, 7) is 2.73. The standard InChI is InChI=1S/C76H137NO13/c1-3-5-7-9-11-13-15-17-19-21-23-25-27-29-31-32-34-36-38-40-42-44-46-48-50-52-54-56-58-60-68(81)77-64(63-87-75-73(86)71(84)74(67(62-79)89-75)90-76-72(85)70(83)69(82)66(61-78)88-76)65(80)59-57-55-53-51-49-47-45-43-41-39-37-35-33-30-28-26-24-22-20-18-16-14-12-10-8-6-4-2/h5,7,11,13,17,19,23,25,29,31,57,59,64-67,69-76,78-80,82-86H,3-4,6,8-10,12,14-16,18,20-22,24,26-28,30,32-56,58,60-63H2,1-2H3,(H,77,81)/b7-5-,13-11-,19-17-,25-23-,31-29-,59-57+. The second kappa shape index (κ2) is 60.1. The normalized spacial score (nSPS) is 23.3. The third-order valence-corrected chi connectivity index (χ3v) is 17.9. The summed E-state index contributed by atoms with van der Waals surface area (Å²) in [6, 6.07) is -0.920. The van der Waals surface area contributed by atoms with Crippen LogP contribution in [0.15, 0.2) is 72.9 Å². The van der Waals surface area contributed by atoms with Crippen molar-refractivity contribution in [1.29, 1.82) is 0 Å². The smallest absolute Gasteiger partial charge is 0.220 e. The van der Waals surface area contributed by atoms with Gasteiger partial charge in [-0.3, -0.25) is 4.79 Å². The summed E-state index contributed by atoms with van der Waals surface area (Å²) in [4.78, 5) is 13.4. The second-order valence-corrected chi connectivity index (χ2v) is 26.0. The lowest BCUT2D eigenvalue weighted by atomic mass is 9.97. The topological polar surface area (TPSA) is 228 Å². The van der Waals surface area contributed by atoms with Crippen LogP contribution in [0.2, 0.25) is 0 Å². The number of amides is 1. The van der Waals surface area contributed by atoms with E-state index < -0.39 is 86.8 Å². The van der Waals surface area contributed by atoms with Gasteiger partial charge in [-0.1, -0.05) is 311 Å². The Balaban J connectivity index is 1.66. The van der Waals surface area contributed by atoms with Crippen LogP contribution in [0.25, 0.3) is 0 Å². The van der Waals surface area contributed by atoms with Crippen molar-refractivity contribution in [2.24, 2.45) is 0 Å². The van der Waals surface area contributed by atoms with Crippen LogP contribution in [0.1, 0.15) is 309 Å². The van der Waals surface area contributed by atoms with Crippen molar-refractivity contribution < 1.29 is 64.6 Å². The Kier molecular flexibility index (Phi) is 55.8. The highest BCUT2D eigenvalue weighted by Gasteiger charge is 2.51. The van der Waals surface area contributed by atoms with Gasteiger partial charge < -0.3 is 65.1 Å². The molecule has 2 aliphatic heterocycles. The van der Waals surface area contributed by atoms with E-state index >= 15 is 0 Å². The average Bonchev–Trinajstić information content (AvgIpc) is 1.26. The van der Waals surface area contributed by atoms with Crippen molar-refractivity contribution in [3.8, 4) is 0 Å². The number of aliphatic hydroxyl groups is 8. The van der Waals surface area contributed by atoms with E-state index in [1.807, 2.05) is 6.08 Å². The third kappa shape index (κ3) is 43.4. The van der Waals surface area contributed by atoms with Crippen LogP contribution in [-0.2, 0) is 23.7 Å². The molecule has 2 saturated heterocycles. The molecule has 90 heavy (non-hydrogen) atoms. The van der Waals surface area contributed by atoms with Crippen LogP contribution in [0.4, 0.5) is 0 Å². The van der Waals surface area contributed by atoms with Crippen molar-refractivity contribution in [2.75, 3.05) is 19.8 Å². The predicted molar refractivity (Wildman–Crippen MR) is 369 cm³/mol. The number of hydrogen-bond acceptors (Lipinski definition) is 13. The van der Waals surface area contributed by atoms with Crippen LogP contribution in [-0.4, -0.2) is 140 Å². The van der Waals surface area contributed by atoms with E-state index in [1.165, 1.54) is 205 Å². The van der Waals surface area contributed by atoms with Crippen molar-refractivity contribution in [3.63, 3.8) is 0 Å². The highest BCUT2D eigenvalue weighted by atomic mass is 16.7. The Morgan fingerprint density at radius 3 is 1.18 bits per heavy atom. The minimum Gasteiger partial charge on any atom is -0.394 e. The van der Waals surface area contributed by atoms with E-state index in [4.69, 9.17) is 18.9 Å². The van der Waals surface area contributed by atoms with Crippen molar-refractivity contribution in [3.05, 3.63) is 72.9 Å². The average molecular weight is 1270 g/mol. The lowest BCUT2D eigenvalue weighted by Gasteiger charge is -2.46. The molecule has 12 atom stereocenters. The molecule has 0 aromatic rings. The molecule has 2 rings (SSSR count). The fourth-order valence-corrected chi connectivity index (χ4v) is 12.0. The molecule has 14 heteroatoms. The lowest BCUT2D eigenvalue weighted by molar-refractivity contribution is -0.359. The molecule has 0 spiro atoms. The zero-order valence-electron chi connectivity index (χ0n) is 57.1. The van der Waals surface area contributed by atoms with Crippen molar-refractivity contribution in [2.45, 2.75) is 383 Å². The zero-order valence-corrected chi connectivity index (χ0v) is 57.1. The van der Waals surface area contributed by atoms with E-state index in [0.29, 0.717) is 6.42 Å². The summed E-state index contributed by atoms with van der Waals surface area (Å²) in [5.74, 6) is -0.239. The van der Waals surface area contributed by atoms with Crippen LogP contribution < -0.4 is 5.32 Å². The molecule has 9 N–H and O–H groups in total. The maximum absolute atomic E-state index is 13.4. The largest absolute Gasteiger partial charge is 0.394 e. The summed E-state index contributed by atoms with van der Waals surface area (Å²) in [5.41, 5.74) is 0. The molecule has 2 heterocycles. The first-order valence-electron chi connectivity index (χ1n) is 37.2. The molecule has 1 amide bonds. The molecule has 0 bridgehead atoms. The monoisotopic (exact) mass is 1270 g/mol. The molecule has 0 saturated carbocycles. The van der Waals surface area contributed by atoms with E-state index in [2.05, 4.69) is 79.9 Å². The fraction of sp³-hybridized carbons (Fsp3) is 0.829. The Bertz CT molecular complexity index is 1790. The van der Waals surface area contributed by atoms with Gasteiger partial charge in [0, 0.05) is 6.42 Å². The number of allylic oxidation sites excluding steroid dienone is 11. The van der Waals surface area contributed by atoms with Crippen LogP contribution >= 0.6 is 0 Å². The van der Waals surface area contributed by atoms with Crippen molar-refractivity contribution in [1.82, 2.24) is 5.32 Å². The van der Waals surface area contributed by atoms with Gasteiger partial charge in [-0.15, -0.1) is 0 Å². The third-order valence-electron chi connectivity index (χ3n) is 17.9. The van der Waals surface area contributed by atoms with Gasteiger partial charge in [-0.05, 0) is 64.2 Å². The molecular formula is C76H137NO13. The number of carbonyl (C=O) groups is 1. The van der Waals surface area contributed by atoms with Gasteiger partial charge in [0.15, 0.2) is 12.6 Å². The second-order valence-electron chi connectivity index (χ2n) is 26.0. The molecule has 0 radical (unpaired) electrons. The van der Waals surface area contributed by atoms with Gasteiger partial charge in [-0.2, -0.15) is 0 Å². The van der Waals surface area contributed by atoms with Gasteiger partial charge in [0.25, 0.3) is 0 Å². The van der Waals surface area contributed by atoms with Gasteiger partial charge >= 0.3 is 0 Å². The summed E-state index contributed by atoms with van der Waals surface area (Å²) in [5, 5.41) is 87.6. The van der Waals surface area contributed by atoms with E-state index in [-0.39, 0.29) is 18.9 Å². The Morgan fingerprint density at radius 2 is 0.767 bits per heavy atom. The molecule has 0 aliphatic carbocycles. The number of unbranched alkanes of at least 4 members (excludes halogenated alkanes) is 38. The molecule has 14 nitrogen and oxygen atoms in total. The Hall–Kier alpha value is -2.57. The number of nitrogens with one attached hydrogen (secondary N) is 1. The van der Waals surface area contributed by atoms with Gasteiger partial charge in [0.05, 0.1) is 32.0 Å².